The minimum atomic E-state index is -0.752. The molecule has 1 saturated heterocycles. The van der Waals surface area contributed by atoms with Gasteiger partial charge < -0.3 is 9.64 Å². The van der Waals surface area contributed by atoms with Crippen LogP contribution in [0.5, 0.6) is 5.75 Å². The number of ether oxygens (including phenoxy) is 1. The minimum Gasteiger partial charge on any atom is -0.489 e. The largest absolute Gasteiger partial charge is 0.489 e. The van der Waals surface area contributed by atoms with Gasteiger partial charge in [0.1, 0.15) is 17.9 Å². The standard InChI is InChI=1S/C46H37N3O4/c50-44-42(26-30-18-20-36(21-19-30)53-29-34-16-9-15-31-14-7-8-17-37(31)34)45(51)49(46(52)47-44)35-27-40-38(32-10-3-1-4-11-32)22-24-48-25-23-39(41(28-35)43(40)48)33-12-5-2-6-13-33/h1-21,26-28,38-39H,22-25,29H2,(H,47,50,52)/b42-26+/t38-,39-/m0/s1. The number of anilines is 2. The van der Waals surface area contributed by atoms with Crippen molar-refractivity contribution in [1.82, 2.24) is 5.32 Å². The van der Waals surface area contributed by atoms with E-state index < -0.39 is 17.8 Å². The summed E-state index contributed by atoms with van der Waals surface area (Å²) in [6, 6.07) is 45.7. The predicted molar refractivity (Wildman–Crippen MR) is 208 cm³/mol. The Balaban J connectivity index is 1.05. The summed E-state index contributed by atoms with van der Waals surface area (Å²) >= 11 is 0. The summed E-state index contributed by atoms with van der Waals surface area (Å²) in [5, 5.41) is 4.74. The van der Waals surface area contributed by atoms with E-state index in [4.69, 9.17) is 4.74 Å². The molecular formula is C46H37N3O4. The third-order valence-corrected chi connectivity index (χ3v) is 10.8. The molecule has 1 N–H and O–H groups in total. The van der Waals surface area contributed by atoms with Crippen molar-refractivity contribution in [3.63, 3.8) is 0 Å². The van der Waals surface area contributed by atoms with Gasteiger partial charge in [0.25, 0.3) is 11.8 Å². The van der Waals surface area contributed by atoms with Gasteiger partial charge in [-0.05, 0) is 87.3 Å². The van der Waals surface area contributed by atoms with Gasteiger partial charge in [-0.3, -0.25) is 14.9 Å². The molecule has 0 saturated carbocycles. The van der Waals surface area contributed by atoms with Crippen LogP contribution in [0.2, 0.25) is 0 Å². The van der Waals surface area contributed by atoms with Crippen LogP contribution in [0.25, 0.3) is 16.8 Å². The number of rotatable bonds is 7. The van der Waals surface area contributed by atoms with Gasteiger partial charge >= 0.3 is 6.03 Å². The Morgan fingerprint density at radius 3 is 1.94 bits per heavy atom. The van der Waals surface area contributed by atoms with Gasteiger partial charge in [-0.2, -0.15) is 0 Å². The second-order valence-electron chi connectivity index (χ2n) is 13.9. The highest BCUT2D eigenvalue weighted by atomic mass is 16.5. The number of carbonyl (C=O) groups is 3. The molecule has 6 aromatic rings. The van der Waals surface area contributed by atoms with E-state index in [0.29, 0.717) is 23.6 Å². The summed E-state index contributed by atoms with van der Waals surface area (Å²) in [5.41, 5.74) is 7.84. The van der Waals surface area contributed by atoms with Gasteiger partial charge in [-0.15, -0.1) is 0 Å². The Morgan fingerprint density at radius 2 is 1.28 bits per heavy atom. The second kappa shape index (κ2) is 13.6. The van der Waals surface area contributed by atoms with Crippen LogP contribution in [0.1, 0.15) is 58.1 Å². The Morgan fingerprint density at radius 1 is 0.679 bits per heavy atom. The van der Waals surface area contributed by atoms with Crippen molar-refractivity contribution < 1.29 is 19.1 Å². The number of hydrogen-bond acceptors (Lipinski definition) is 5. The van der Waals surface area contributed by atoms with E-state index in [2.05, 4.69) is 83.0 Å². The molecule has 0 unspecified atom stereocenters. The monoisotopic (exact) mass is 695 g/mol. The van der Waals surface area contributed by atoms with Crippen LogP contribution in [-0.4, -0.2) is 30.9 Å². The van der Waals surface area contributed by atoms with Crippen molar-refractivity contribution in [3.05, 3.63) is 178 Å². The number of amides is 4. The second-order valence-corrected chi connectivity index (χ2v) is 13.9. The van der Waals surface area contributed by atoms with Gasteiger partial charge in [0.15, 0.2) is 0 Å². The third-order valence-electron chi connectivity index (χ3n) is 10.8. The minimum absolute atomic E-state index is 0.0941. The molecule has 0 bridgehead atoms. The van der Waals surface area contributed by atoms with Crippen LogP contribution in [0.15, 0.2) is 145 Å². The molecule has 7 heteroatoms. The molecule has 6 aromatic carbocycles. The summed E-state index contributed by atoms with van der Waals surface area (Å²) in [5.74, 6) is -0.525. The lowest BCUT2D eigenvalue weighted by Crippen LogP contribution is -2.54. The maximum atomic E-state index is 14.3. The van der Waals surface area contributed by atoms with E-state index in [1.807, 2.05) is 54.6 Å². The average molecular weight is 696 g/mol. The van der Waals surface area contributed by atoms with E-state index >= 15 is 0 Å². The lowest BCUT2D eigenvalue weighted by atomic mass is 9.76. The Kier molecular flexibility index (Phi) is 8.31. The zero-order chi connectivity index (χ0) is 35.9. The number of carbonyl (C=O) groups excluding carboxylic acids is 3. The summed E-state index contributed by atoms with van der Waals surface area (Å²) in [6.45, 7) is 2.26. The van der Waals surface area contributed by atoms with Crippen LogP contribution in [0.4, 0.5) is 16.2 Å². The number of fused-ring (bicyclic) bond motifs is 1. The molecule has 9 rings (SSSR count). The normalized spacial score (nSPS) is 18.9. The molecule has 0 radical (unpaired) electrons. The zero-order valence-corrected chi connectivity index (χ0v) is 29.1. The molecule has 3 aliphatic rings. The van der Waals surface area contributed by atoms with Gasteiger partial charge in [-0.25, -0.2) is 9.69 Å². The Labute approximate surface area is 308 Å². The van der Waals surface area contributed by atoms with Crippen LogP contribution in [0, 0.1) is 0 Å². The molecule has 1 fully saturated rings. The van der Waals surface area contributed by atoms with E-state index in [1.54, 1.807) is 12.1 Å². The van der Waals surface area contributed by atoms with Crippen molar-refractivity contribution >= 4 is 46.1 Å². The molecule has 53 heavy (non-hydrogen) atoms. The van der Waals surface area contributed by atoms with E-state index in [0.717, 1.165) is 58.3 Å². The lowest BCUT2D eigenvalue weighted by Gasteiger charge is -2.44. The third kappa shape index (κ3) is 6.04. The van der Waals surface area contributed by atoms with Crippen LogP contribution in [-0.2, 0) is 16.2 Å². The first-order valence-electron chi connectivity index (χ1n) is 18.2. The summed E-state index contributed by atoms with van der Waals surface area (Å²) in [7, 11) is 0. The summed E-state index contributed by atoms with van der Waals surface area (Å²) in [4.78, 5) is 44.7. The fraction of sp³-hybridized carbons (Fsp3) is 0.152. The highest BCUT2D eigenvalue weighted by molar-refractivity contribution is 6.39. The van der Waals surface area contributed by atoms with Crippen molar-refractivity contribution in [3.8, 4) is 5.75 Å². The Bertz CT molecular complexity index is 2330. The highest BCUT2D eigenvalue weighted by Crippen LogP contribution is 2.50. The number of urea groups is 1. The van der Waals surface area contributed by atoms with Crippen LogP contribution < -0.4 is 19.9 Å². The molecule has 3 heterocycles. The number of nitrogens with one attached hydrogen (secondary N) is 1. The first-order chi connectivity index (χ1) is 26.0. The quantitative estimate of drug-likeness (QED) is 0.133. The maximum absolute atomic E-state index is 14.3. The molecule has 0 aromatic heterocycles. The van der Waals surface area contributed by atoms with Crippen molar-refractivity contribution in [2.45, 2.75) is 31.3 Å². The highest BCUT2D eigenvalue weighted by Gasteiger charge is 2.40. The van der Waals surface area contributed by atoms with Crippen LogP contribution >= 0.6 is 0 Å². The molecule has 4 amide bonds. The molecule has 0 spiro atoms. The summed E-state index contributed by atoms with van der Waals surface area (Å²) < 4.78 is 6.11. The molecule has 260 valence electrons. The van der Waals surface area contributed by atoms with Crippen molar-refractivity contribution in [2.75, 3.05) is 22.9 Å². The predicted octanol–water partition coefficient (Wildman–Crippen LogP) is 8.96. The molecular weight excluding hydrogens is 659 g/mol. The average Bonchev–Trinajstić information content (AvgIpc) is 3.20. The number of nitrogens with zero attached hydrogens (tertiary/aromatic N) is 2. The molecule has 0 aliphatic carbocycles. The summed E-state index contributed by atoms with van der Waals surface area (Å²) in [6.07, 6.45) is 3.37. The van der Waals surface area contributed by atoms with Gasteiger partial charge in [0.05, 0.1) is 5.69 Å². The SMILES string of the molecule is O=C1NC(=O)N(c2cc3c4c(c2)[C@H](c2ccccc2)CCN4CC[C@H]3c2ccccc2)C(=O)/C1=C/c1ccc(OCc2cccc3ccccc23)cc1. The molecule has 3 aliphatic heterocycles. The van der Waals surface area contributed by atoms with Gasteiger partial charge in [0.2, 0.25) is 0 Å². The van der Waals surface area contributed by atoms with E-state index in [-0.39, 0.29) is 17.4 Å². The first kappa shape index (κ1) is 32.4. The first-order valence-corrected chi connectivity index (χ1v) is 18.2. The number of hydrogen-bond donors (Lipinski definition) is 1. The Hall–Kier alpha value is -6.47. The molecule has 2 atom stereocenters. The van der Waals surface area contributed by atoms with Crippen molar-refractivity contribution in [1.29, 1.82) is 0 Å². The van der Waals surface area contributed by atoms with Crippen molar-refractivity contribution in [2.24, 2.45) is 0 Å². The van der Waals surface area contributed by atoms with Gasteiger partial charge in [-0.1, -0.05) is 115 Å². The zero-order valence-electron chi connectivity index (χ0n) is 29.1. The number of barbiturate groups is 1. The molecule has 7 nitrogen and oxygen atoms in total. The lowest BCUT2D eigenvalue weighted by molar-refractivity contribution is -0.122. The van der Waals surface area contributed by atoms with Gasteiger partial charge in [0, 0.05) is 30.6 Å². The van der Waals surface area contributed by atoms with E-state index in [9.17, 15) is 14.4 Å². The smallest absolute Gasteiger partial charge is 0.335 e. The number of imide groups is 2. The van der Waals surface area contributed by atoms with E-state index in [1.165, 1.54) is 22.9 Å². The fourth-order valence-electron chi connectivity index (χ4n) is 8.27. The fourth-order valence-corrected chi connectivity index (χ4v) is 8.27. The number of benzene rings is 6. The maximum Gasteiger partial charge on any atom is 0.335 e. The van der Waals surface area contributed by atoms with Crippen LogP contribution in [0.3, 0.4) is 0 Å². The topological polar surface area (TPSA) is 79.0 Å².